The molecule has 8 aromatic rings. The summed E-state index contributed by atoms with van der Waals surface area (Å²) in [6.07, 6.45) is 0.334. The van der Waals surface area contributed by atoms with Gasteiger partial charge in [-0.3, -0.25) is 9.55 Å². The van der Waals surface area contributed by atoms with Gasteiger partial charge in [-0.05, 0) is 93.1 Å². The first-order valence-corrected chi connectivity index (χ1v) is 22.1. The number of benzene rings is 6. The third kappa shape index (κ3) is 9.43. The molecule has 2 aromatic heterocycles. The van der Waals surface area contributed by atoms with Gasteiger partial charge in [0.15, 0.2) is 0 Å². The predicted molar refractivity (Wildman–Crippen MR) is 271 cm³/mol. The van der Waals surface area contributed by atoms with E-state index >= 15 is 0 Å². The van der Waals surface area contributed by atoms with E-state index in [-0.39, 0.29) is 54.5 Å². The minimum Gasteiger partial charge on any atom is -0.507 e. The summed E-state index contributed by atoms with van der Waals surface area (Å²) >= 11 is 0. The van der Waals surface area contributed by atoms with Crippen molar-refractivity contribution in [2.75, 3.05) is 0 Å². The first kappa shape index (κ1) is 35.7. The first-order valence-electron chi connectivity index (χ1n) is 27.1. The van der Waals surface area contributed by atoms with E-state index in [4.69, 9.17) is 17.3 Å². The van der Waals surface area contributed by atoms with Crippen LogP contribution in [0.25, 0.3) is 72.7 Å². The Labute approximate surface area is 416 Å². The van der Waals surface area contributed by atoms with Crippen LogP contribution in [0.15, 0.2) is 133 Å². The van der Waals surface area contributed by atoms with Crippen LogP contribution in [-0.4, -0.2) is 19.6 Å². The molecule has 5 heteroatoms. The van der Waals surface area contributed by atoms with Gasteiger partial charge in [-0.25, -0.2) is 4.98 Å². The van der Waals surface area contributed by atoms with E-state index in [1.807, 2.05) is 75.4 Å². The number of nitrogens with zero attached hydrogens (tertiary/aromatic N) is 3. The van der Waals surface area contributed by atoms with Crippen molar-refractivity contribution in [3.8, 4) is 67.5 Å². The number of imidazole rings is 1. The number of pyridine rings is 1. The Hall–Kier alpha value is -5.57. The maximum Gasteiger partial charge on any atom is 0.148 e. The predicted octanol–water partition coefficient (Wildman–Crippen LogP) is 16.1. The van der Waals surface area contributed by atoms with Crippen LogP contribution in [0.4, 0.5) is 0 Å². The maximum atomic E-state index is 12.6. The normalized spacial score (nSPS) is 14.8. The molecule has 2 heterocycles. The summed E-state index contributed by atoms with van der Waals surface area (Å²) in [7, 11) is 0. The van der Waals surface area contributed by atoms with Crippen LogP contribution in [0.1, 0.15) is 131 Å². The van der Waals surface area contributed by atoms with Crippen molar-refractivity contribution >= 4 is 11.0 Å². The van der Waals surface area contributed by atoms with Crippen molar-refractivity contribution in [1.82, 2.24) is 14.5 Å². The van der Waals surface area contributed by atoms with Gasteiger partial charge in [0.25, 0.3) is 0 Å². The Bertz CT molecular complexity index is 3510. The second-order valence-corrected chi connectivity index (χ2v) is 20.6. The molecule has 0 atom stereocenters. The molecule has 0 bridgehead atoms. The number of para-hydroxylation sites is 1. The molecule has 0 saturated heterocycles. The molecule has 0 radical (unpaired) electrons. The second-order valence-electron chi connectivity index (χ2n) is 20.6. The summed E-state index contributed by atoms with van der Waals surface area (Å²) in [5.74, 6) is 0.642. The van der Waals surface area contributed by atoms with E-state index < -0.39 is 71.2 Å². The third-order valence-corrected chi connectivity index (χ3v) is 12.4. The van der Waals surface area contributed by atoms with Gasteiger partial charge >= 0.3 is 0 Å². The van der Waals surface area contributed by atoms with Gasteiger partial charge in [0.2, 0.25) is 0 Å². The topological polar surface area (TPSA) is 50.9 Å². The number of aromatic nitrogens is 3. The van der Waals surface area contributed by atoms with E-state index in [1.165, 1.54) is 5.56 Å². The molecule has 0 unspecified atom stereocenters. The minimum absolute atomic E-state index is 0. The second kappa shape index (κ2) is 17.7. The van der Waals surface area contributed by atoms with E-state index in [0.29, 0.717) is 28.0 Å². The zero-order valence-corrected chi connectivity index (χ0v) is 41.7. The van der Waals surface area contributed by atoms with Crippen molar-refractivity contribution in [3.05, 3.63) is 167 Å². The van der Waals surface area contributed by atoms with Crippen molar-refractivity contribution in [2.24, 2.45) is 0 Å². The maximum absolute atomic E-state index is 12.6. The van der Waals surface area contributed by atoms with Crippen LogP contribution in [0.5, 0.6) is 5.75 Å². The largest absolute Gasteiger partial charge is 0.507 e. The zero-order chi connectivity index (χ0) is 54.5. The van der Waals surface area contributed by atoms with Gasteiger partial charge in [0.05, 0.1) is 31.9 Å². The Kier molecular flexibility index (Phi) is 9.69. The van der Waals surface area contributed by atoms with Crippen molar-refractivity contribution in [2.45, 2.75) is 118 Å². The van der Waals surface area contributed by atoms with Crippen LogP contribution < -0.4 is 0 Å². The molecule has 6 aromatic carbocycles. The first-order chi connectivity index (χ1) is 34.3. The number of hydrogen-bond donors (Lipinski definition) is 1. The monoisotopic (exact) mass is 1050 g/mol. The number of rotatable bonds is 8. The summed E-state index contributed by atoms with van der Waals surface area (Å²) in [4.78, 5) is 10.0. The fraction of sp³-hybridized carbons (Fsp3) is 0.300. The van der Waals surface area contributed by atoms with Crippen LogP contribution in [0.2, 0.25) is 0 Å². The van der Waals surface area contributed by atoms with Gasteiger partial charge in [-0.2, -0.15) is 0 Å². The molecule has 0 aliphatic rings. The number of fused-ring (bicyclic) bond motifs is 1. The minimum atomic E-state index is -2.97. The van der Waals surface area contributed by atoms with Crippen molar-refractivity contribution in [1.29, 1.82) is 0 Å². The van der Waals surface area contributed by atoms with Gasteiger partial charge < -0.3 is 5.11 Å². The van der Waals surface area contributed by atoms with Crippen LogP contribution in [-0.2, 0) is 42.7 Å². The number of hydrogen-bond acceptors (Lipinski definition) is 3. The van der Waals surface area contributed by atoms with Crippen LogP contribution in [0.3, 0.4) is 0 Å². The molecule has 65 heavy (non-hydrogen) atoms. The molecule has 4 nitrogen and oxygen atoms in total. The molecule has 0 aliphatic heterocycles. The van der Waals surface area contributed by atoms with Crippen LogP contribution >= 0.6 is 0 Å². The fourth-order valence-electron chi connectivity index (χ4n) is 8.04. The summed E-state index contributed by atoms with van der Waals surface area (Å²) in [5, 5.41) is 12.6. The number of phenolic OH excluding ortho intramolecular Hbond substituents is 1. The molecule has 0 fully saturated rings. The standard InChI is InChI=1S/C60H64N3O.Pt/c1-14-60(12,13)44-27-28-52(48(35-44)40-19-16-15-17-20-40)63-53-22-18-21-47(54(53)62-56(63)49-36-46(58(6,7)8)37-50(55(49)64)59(9,10)11)42-31-43(33-45(32-42)57(3,4)5)51-34-41(29-30-61-51)39-25-23-38(2)24-26-39;/h15-30,32-37,64H,14H2,1-13H3;/q-1;/i2D3,23D,24D,25D,26D,29D,30D,34D;. The SMILES string of the molecule is [2H]c1nc(-c2[c-]c(-c3cccc4c3nc(-c3cc(C(C)(C)C)cc(C(C)(C)C)c3O)n4-c3ccc(C(C)(C)CC)cc3-c3ccccc3)cc(C(C)(C)C)c2)c([2H])c(-c2c([2H])c([2H])c(C([2H])([2H])[2H])c([2H])c2[2H])c1[2H].[Pt]. The molecule has 1 N–H and O–H groups in total. The quantitative estimate of drug-likeness (QED) is 0.154. The Balaban J connectivity index is 0.00000820. The third-order valence-electron chi connectivity index (χ3n) is 12.4. The fourth-order valence-corrected chi connectivity index (χ4v) is 8.04. The summed E-state index contributed by atoms with van der Waals surface area (Å²) in [6.45, 7) is 22.5. The molecule has 0 amide bonds. The summed E-state index contributed by atoms with van der Waals surface area (Å²) in [6, 6.07) is 30.1. The Morgan fingerprint density at radius 2 is 1.31 bits per heavy atom. The average Bonchev–Trinajstić information content (AvgIpc) is 3.71. The van der Waals surface area contributed by atoms with Gasteiger partial charge in [0, 0.05) is 48.2 Å². The average molecular weight is 1050 g/mol. The van der Waals surface area contributed by atoms with Gasteiger partial charge in [-0.1, -0.05) is 185 Å². The van der Waals surface area contributed by atoms with Gasteiger partial charge in [-0.15, -0.1) is 29.3 Å². The van der Waals surface area contributed by atoms with Crippen LogP contribution in [0, 0.1) is 12.9 Å². The molecule has 8 rings (SSSR count). The summed E-state index contributed by atoms with van der Waals surface area (Å²) < 4.78 is 88.5. The molecule has 0 saturated carbocycles. The molecular weight excluding hydrogens is 974 g/mol. The smallest absolute Gasteiger partial charge is 0.148 e. The van der Waals surface area contributed by atoms with E-state index in [1.54, 1.807) is 0 Å². The van der Waals surface area contributed by atoms with E-state index in [9.17, 15) is 6.48 Å². The van der Waals surface area contributed by atoms with Crippen molar-refractivity contribution in [3.63, 3.8) is 0 Å². The number of phenols is 1. The molecule has 336 valence electrons. The number of aromatic hydroxyl groups is 1. The molecular formula is C60H64N3OPt-. The van der Waals surface area contributed by atoms with Gasteiger partial charge in [0.1, 0.15) is 11.6 Å². The zero-order valence-electron chi connectivity index (χ0n) is 49.5. The van der Waals surface area contributed by atoms with E-state index in [2.05, 4.69) is 114 Å². The Morgan fingerprint density at radius 3 is 1.95 bits per heavy atom. The van der Waals surface area contributed by atoms with E-state index in [0.717, 1.165) is 45.4 Å². The molecule has 0 aliphatic carbocycles. The van der Waals surface area contributed by atoms with Crippen molar-refractivity contribution < 1.29 is 39.9 Å². The summed E-state index contributed by atoms with van der Waals surface area (Å²) in [5.41, 5.74) is 6.91. The molecule has 0 spiro atoms. The Morgan fingerprint density at radius 1 is 0.646 bits per heavy atom.